The van der Waals surface area contributed by atoms with Gasteiger partial charge < -0.3 is 20.3 Å². The molecule has 0 saturated heterocycles. The molecule has 1 aromatic carbocycles. The van der Waals surface area contributed by atoms with E-state index >= 15 is 0 Å². The molecule has 3 N–H and O–H groups in total. The molecule has 0 fully saturated rings. The Bertz CT molecular complexity index is 400. The van der Waals surface area contributed by atoms with Crippen molar-refractivity contribution in [2.75, 3.05) is 19.7 Å². The van der Waals surface area contributed by atoms with Gasteiger partial charge in [0.15, 0.2) is 0 Å². The maximum absolute atomic E-state index is 10.3. The SMILES string of the molecule is O=C(O)CCCNCC(O)COc1ccccc1Cl. The minimum atomic E-state index is -0.815. The zero-order chi connectivity index (χ0) is 14.1. The van der Waals surface area contributed by atoms with Crippen molar-refractivity contribution >= 4 is 17.6 Å². The summed E-state index contributed by atoms with van der Waals surface area (Å²) in [5.74, 6) is -0.279. The van der Waals surface area contributed by atoms with Gasteiger partial charge in [0.05, 0.1) is 5.02 Å². The van der Waals surface area contributed by atoms with Crippen LogP contribution in [0.1, 0.15) is 12.8 Å². The number of carboxylic acids is 1. The minimum absolute atomic E-state index is 0.124. The highest BCUT2D eigenvalue weighted by atomic mass is 35.5. The van der Waals surface area contributed by atoms with Gasteiger partial charge in [-0.25, -0.2) is 0 Å². The average Bonchev–Trinajstić information content (AvgIpc) is 2.37. The van der Waals surface area contributed by atoms with Gasteiger partial charge in [-0.1, -0.05) is 23.7 Å². The second-order valence-corrected chi connectivity index (χ2v) is 4.50. The quantitative estimate of drug-likeness (QED) is 0.600. The Morgan fingerprint density at radius 2 is 2.16 bits per heavy atom. The van der Waals surface area contributed by atoms with Crippen LogP contribution in [0.25, 0.3) is 0 Å². The molecule has 0 aliphatic rings. The lowest BCUT2D eigenvalue weighted by Gasteiger charge is -2.13. The predicted molar refractivity (Wildman–Crippen MR) is 72.7 cm³/mol. The summed E-state index contributed by atoms with van der Waals surface area (Å²) in [4.78, 5) is 10.3. The molecular weight excluding hydrogens is 270 g/mol. The van der Waals surface area contributed by atoms with Gasteiger partial charge in [-0.05, 0) is 25.1 Å². The number of aliphatic carboxylic acids is 1. The number of carbonyl (C=O) groups is 1. The van der Waals surface area contributed by atoms with Crippen LogP contribution in [0.2, 0.25) is 5.02 Å². The highest BCUT2D eigenvalue weighted by Gasteiger charge is 2.06. The van der Waals surface area contributed by atoms with Gasteiger partial charge in [0.1, 0.15) is 18.5 Å². The Hall–Kier alpha value is -1.30. The van der Waals surface area contributed by atoms with Crippen molar-refractivity contribution in [3.05, 3.63) is 29.3 Å². The molecule has 0 radical (unpaired) electrons. The first-order chi connectivity index (χ1) is 9.09. The van der Waals surface area contributed by atoms with E-state index in [1.807, 2.05) is 0 Å². The standard InChI is InChI=1S/C13H18ClNO4/c14-11-4-1-2-5-12(11)19-9-10(16)8-15-7-3-6-13(17)18/h1-2,4-5,10,15-16H,3,6-9H2,(H,17,18). The molecule has 1 rings (SSSR count). The first kappa shape index (κ1) is 15.8. The summed E-state index contributed by atoms with van der Waals surface area (Å²) in [6, 6.07) is 7.05. The van der Waals surface area contributed by atoms with Gasteiger partial charge in [-0.2, -0.15) is 0 Å². The molecule has 0 aromatic heterocycles. The van der Waals surface area contributed by atoms with E-state index in [1.54, 1.807) is 24.3 Å². The van der Waals surface area contributed by atoms with Crippen LogP contribution in [0.5, 0.6) is 5.75 Å². The normalized spacial score (nSPS) is 12.1. The summed E-state index contributed by atoms with van der Waals surface area (Å²) in [6.45, 7) is 1.04. The van der Waals surface area contributed by atoms with Crippen LogP contribution in [0.3, 0.4) is 0 Å². The lowest BCUT2D eigenvalue weighted by atomic mass is 10.3. The van der Waals surface area contributed by atoms with Crippen LogP contribution >= 0.6 is 11.6 Å². The zero-order valence-electron chi connectivity index (χ0n) is 10.5. The Kier molecular flexibility index (Phi) is 7.25. The summed E-state index contributed by atoms with van der Waals surface area (Å²) in [6.07, 6.45) is -0.00628. The molecule has 0 amide bonds. The van der Waals surface area contributed by atoms with Crippen molar-refractivity contribution in [2.45, 2.75) is 18.9 Å². The first-order valence-electron chi connectivity index (χ1n) is 6.07. The fraction of sp³-hybridized carbons (Fsp3) is 0.462. The van der Waals surface area contributed by atoms with E-state index in [9.17, 15) is 9.90 Å². The number of hydrogen-bond donors (Lipinski definition) is 3. The number of para-hydroxylation sites is 1. The number of carboxylic acid groups (broad SMARTS) is 1. The molecule has 106 valence electrons. The monoisotopic (exact) mass is 287 g/mol. The number of aliphatic hydroxyl groups excluding tert-OH is 1. The predicted octanol–water partition coefficient (Wildman–Crippen LogP) is 1.53. The van der Waals surface area contributed by atoms with E-state index < -0.39 is 12.1 Å². The number of rotatable bonds is 9. The highest BCUT2D eigenvalue weighted by molar-refractivity contribution is 6.32. The Labute approximate surface area is 117 Å². The number of hydrogen-bond acceptors (Lipinski definition) is 4. The maximum atomic E-state index is 10.3. The van der Waals surface area contributed by atoms with Crippen molar-refractivity contribution in [3.63, 3.8) is 0 Å². The van der Waals surface area contributed by atoms with Gasteiger partial charge in [0.2, 0.25) is 0 Å². The summed E-state index contributed by atoms with van der Waals surface area (Å²) < 4.78 is 5.38. The van der Waals surface area contributed by atoms with Crippen molar-refractivity contribution in [3.8, 4) is 5.75 Å². The third kappa shape index (κ3) is 7.00. The number of ether oxygens (including phenoxy) is 1. The van der Waals surface area contributed by atoms with E-state index in [0.717, 1.165) is 0 Å². The largest absolute Gasteiger partial charge is 0.489 e. The van der Waals surface area contributed by atoms with Crippen LogP contribution in [0.4, 0.5) is 0 Å². The average molecular weight is 288 g/mol. The number of nitrogens with one attached hydrogen (secondary N) is 1. The van der Waals surface area contributed by atoms with E-state index in [4.69, 9.17) is 21.4 Å². The molecule has 1 atom stereocenters. The van der Waals surface area contributed by atoms with Crippen molar-refractivity contribution in [1.29, 1.82) is 0 Å². The summed E-state index contributed by atoms with van der Waals surface area (Å²) in [5, 5.41) is 21.6. The third-order valence-corrected chi connectivity index (χ3v) is 2.70. The van der Waals surface area contributed by atoms with Crippen molar-refractivity contribution < 1.29 is 19.7 Å². The van der Waals surface area contributed by atoms with E-state index in [2.05, 4.69) is 5.32 Å². The van der Waals surface area contributed by atoms with Gasteiger partial charge in [-0.3, -0.25) is 4.79 Å². The van der Waals surface area contributed by atoms with E-state index in [-0.39, 0.29) is 13.0 Å². The molecule has 6 heteroatoms. The van der Waals surface area contributed by atoms with Crippen LogP contribution in [-0.4, -0.2) is 42.0 Å². The number of aliphatic hydroxyl groups is 1. The second kappa shape index (κ2) is 8.74. The molecule has 0 bridgehead atoms. The fourth-order valence-corrected chi connectivity index (χ4v) is 1.63. The Balaban J connectivity index is 2.13. The topological polar surface area (TPSA) is 78.8 Å². The van der Waals surface area contributed by atoms with Gasteiger partial charge in [-0.15, -0.1) is 0 Å². The van der Waals surface area contributed by atoms with Gasteiger partial charge in [0, 0.05) is 13.0 Å². The lowest BCUT2D eigenvalue weighted by molar-refractivity contribution is -0.137. The van der Waals surface area contributed by atoms with Crippen molar-refractivity contribution in [1.82, 2.24) is 5.32 Å². The molecule has 0 aliphatic heterocycles. The van der Waals surface area contributed by atoms with E-state index in [0.29, 0.717) is 30.3 Å². The molecule has 0 spiro atoms. The molecule has 1 unspecified atom stereocenters. The zero-order valence-corrected chi connectivity index (χ0v) is 11.3. The second-order valence-electron chi connectivity index (χ2n) is 4.10. The van der Waals surface area contributed by atoms with Gasteiger partial charge in [0.25, 0.3) is 0 Å². The maximum Gasteiger partial charge on any atom is 0.303 e. The smallest absolute Gasteiger partial charge is 0.303 e. The first-order valence-corrected chi connectivity index (χ1v) is 6.45. The summed E-state index contributed by atoms with van der Waals surface area (Å²) in [7, 11) is 0. The van der Waals surface area contributed by atoms with Crippen LogP contribution < -0.4 is 10.1 Å². The highest BCUT2D eigenvalue weighted by Crippen LogP contribution is 2.22. The van der Waals surface area contributed by atoms with E-state index in [1.165, 1.54) is 0 Å². The molecular formula is C13H18ClNO4. The van der Waals surface area contributed by atoms with Gasteiger partial charge >= 0.3 is 5.97 Å². The van der Waals surface area contributed by atoms with Crippen LogP contribution in [0.15, 0.2) is 24.3 Å². The molecule has 19 heavy (non-hydrogen) atoms. The number of halogens is 1. The molecule has 0 saturated carbocycles. The lowest BCUT2D eigenvalue weighted by Crippen LogP contribution is -2.32. The molecule has 1 aromatic rings. The Morgan fingerprint density at radius 3 is 2.84 bits per heavy atom. The van der Waals surface area contributed by atoms with Crippen molar-refractivity contribution in [2.24, 2.45) is 0 Å². The summed E-state index contributed by atoms with van der Waals surface area (Å²) >= 11 is 5.91. The third-order valence-electron chi connectivity index (χ3n) is 2.39. The molecule has 0 heterocycles. The minimum Gasteiger partial charge on any atom is -0.489 e. The summed E-state index contributed by atoms with van der Waals surface area (Å²) in [5.41, 5.74) is 0. The fourth-order valence-electron chi connectivity index (χ4n) is 1.44. The molecule has 5 nitrogen and oxygen atoms in total. The van der Waals surface area contributed by atoms with Crippen LogP contribution in [-0.2, 0) is 4.79 Å². The van der Waals surface area contributed by atoms with Crippen LogP contribution in [0, 0.1) is 0 Å². The number of benzene rings is 1. The molecule has 0 aliphatic carbocycles. The Morgan fingerprint density at radius 1 is 1.42 bits per heavy atom.